The Hall–Kier alpha value is -2.97. The van der Waals surface area contributed by atoms with Gasteiger partial charge in [-0.25, -0.2) is 0 Å². The number of hydrogen-bond donors (Lipinski definition) is 2. The van der Waals surface area contributed by atoms with Crippen LogP contribution in [-0.2, 0) is 17.6 Å². The molecule has 0 bridgehead atoms. The molecule has 1 aromatic heterocycles. The largest absolute Gasteiger partial charge is 0.508 e. The monoisotopic (exact) mass is 457 g/mol. The van der Waals surface area contributed by atoms with Crippen molar-refractivity contribution in [1.29, 1.82) is 0 Å². The molecule has 0 saturated heterocycles. The molecule has 7 nitrogen and oxygen atoms in total. The van der Waals surface area contributed by atoms with E-state index in [0.717, 1.165) is 5.56 Å². The number of ether oxygens (including phenoxy) is 1. The molecule has 0 fully saturated rings. The number of carbonyl (C=O) groups excluding carboxylic acids is 1. The number of carbonyl (C=O) groups is 1. The summed E-state index contributed by atoms with van der Waals surface area (Å²) in [7, 11) is 3.25. The molecule has 31 heavy (non-hydrogen) atoms. The number of aromatic nitrogens is 2. The number of methoxy groups -OCH3 is 1. The van der Waals surface area contributed by atoms with Gasteiger partial charge in [0.25, 0.3) is 5.56 Å². The predicted molar refractivity (Wildman–Crippen MR) is 120 cm³/mol. The van der Waals surface area contributed by atoms with E-state index in [4.69, 9.17) is 16.3 Å². The van der Waals surface area contributed by atoms with Gasteiger partial charge in [-0.1, -0.05) is 41.6 Å². The van der Waals surface area contributed by atoms with E-state index in [-0.39, 0.29) is 18.1 Å². The van der Waals surface area contributed by atoms with Crippen LogP contribution >= 0.6 is 23.4 Å². The third-order valence-electron chi connectivity index (χ3n) is 5.15. The van der Waals surface area contributed by atoms with Crippen LogP contribution in [0.2, 0.25) is 5.02 Å². The van der Waals surface area contributed by atoms with Gasteiger partial charge in [0.1, 0.15) is 17.3 Å². The highest BCUT2D eigenvalue weighted by Gasteiger charge is 2.33. The number of nitrogens with one attached hydrogen (secondary N) is 1. The number of rotatable bonds is 5. The summed E-state index contributed by atoms with van der Waals surface area (Å²) >= 11 is 7.44. The van der Waals surface area contributed by atoms with E-state index < -0.39 is 11.5 Å². The van der Waals surface area contributed by atoms with Gasteiger partial charge in [0.15, 0.2) is 5.16 Å². The molecule has 1 amide bonds. The lowest BCUT2D eigenvalue weighted by molar-refractivity contribution is -0.116. The molecule has 1 aliphatic rings. The van der Waals surface area contributed by atoms with Gasteiger partial charge in [-0.15, -0.1) is 0 Å². The number of benzene rings is 2. The molecule has 2 heterocycles. The number of fused-ring (bicyclic) bond motifs is 1. The molecule has 0 radical (unpaired) electrons. The second kappa shape index (κ2) is 8.64. The van der Waals surface area contributed by atoms with Crippen molar-refractivity contribution in [2.45, 2.75) is 23.2 Å². The van der Waals surface area contributed by atoms with Crippen molar-refractivity contribution >= 4 is 35.1 Å². The van der Waals surface area contributed by atoms with Crippen molar-refractivity contribution in [2.75, 3.05) is 12.4 Å². The number of anilines is 1. The first-order chi connectivity index (χ1) is 14.9. The van der Waals surface area contributed by atoms with E-state index in [9.17, 15) is 14.7 Å². The van der Waals surface area contributed by atoms with Gasteiger partial charge in [-0.2, -0.15) is 4.98 Å². The molecule has 160 valence electrons. The SMILES string of the molecule is COc1cc(O)ccc1[C@H]1CC(=O)Nc2c1c(=O)nc(SCc1cccc(Cl)c1)n2C. The number of aromatic hydroxyl groups is 1. The van der Waals surface area contributed by atoms with Crippen molar-refractivity contribution in [3.8, 4) is 11.5 Å². The van der Waals surface area contributed by atoms with Gasteiger partial charge in [0, 0.05) is 41.8 Å². The highest BCUT2D eigenvalue weighted by Crippen LogP contribution is 2.40. The minimum Gasteiger partial charge on any atom is -0.508 e. The van der Waals surface area contributed by atoms with Crippen LogP contribution in [0.3, 0.4) is 0 Å². The van der Waals surface area contributed by atoms with E-state index in [1.165, 1.54) is 31.0 Å². The number of phenols is 1. The Balaban J connectivity index is 1.75. The molecule has 1 atom stereocenters. The molecule has 3 aromatic rings. The van der Waals surface area contributed by atoms with Crippen LogP contribution in [-0.4, -0.2) is 27.7 Å². The van der Waals surface area contributed by atoms with Gasteiger partial charge in [0.2, 0.25) is 5.91 Å². The van der Waals surface area contributed by atoms with Gasteiger partial charge >= 0.3 is 0 Å². The van der Waals surface area contributed by atoms with Gasteiger partial charge in [-0.3, -0.25) is 9.59 Å². The molecule has 0 aliphatic carbocycles. The quantitative estimate of drug-likeness (QED) is 0.445. The molecule has 2 N–H and O–H groups in total. The Morgan fingerprint density at radius 1 is 1.29 bits per heavy atom. The lowest BCUT2D eigenvalue weighted by Gasteiger charge is -2.28. The maximum atomic E-state index is 13.1. The number of hydrogen-bond acceptors (Lipinski definition) is 6. The molecule has 4 rings (SSSR count). The van der Waals surface area contributed by atoms with Crippen molar-refractivity contribution < 1.29 is 14.6 Å². The first kappa shape index (κ1) is 21.3. The summed E-state index contributed by atoms with van der Waals surface area (Å²) in [4.78, 5) is 29.9. The lowest BCUT2D eigenvalue weighted by atomic mass is 9.86. The minimum absolute atomic E-state index is 0.0416. The van der Waals surface area contributed by atoms with E-state index in [1.54, 1.807) is 23.7 Å². The maximum absolute atomic E-state index is 13.1. The summed E-state index contributed by atoms with van der Waals surface area (Å²) in [6, 6.07) is 12.1. The number of thioether (sulfide) groups is 1. The Kier molecular flexibility index (Phi) is 5.93. The van der Waals surface area contributed by atoms with E-state index >= 15 is 0 Å². The zero-order chi connectivity index (χ0) is 22.1. The fraction of sp³-hybridized carbons (Fsp3) is 0.227. The highest BCUT2D eigenvalue weighted by molar-refractivity contribution is 7.98. The zero-order valence-electron chi connectivity index (χ0n) is 16.9. The molecule has 0 spiro atoms. The van der Waals surface area contributed by atoms with Crippen LogP contribution in [0.15, 0.2) is 52.4 Å². The fourth-order valence-electron chi connectivity index (χ4n) is 3.69. The minimum atomic E-state index is -0.530. The topological polar surface area (TPSA) is 93.4 Å². The molecule has 2 aromatic carbocycles. The second-order valence-electron chi connectivity index (χ2n) is 7.17. The first-order valence-electron chi connectivity index (χ1n) is 9.52. The van der Waals surface area contributed by atoms with Crippen molar-refractivity contribution in [1.82, 2.24) is 9.55 Å². The normalized spacial score (nSPS) is 15.3. The standard InChI is InChI=1S/C22H20ClN3O4S/c1-26-20-19(21(29)25-22(26)31-11-12-4-3-5-13(23)8-12)16(10-18(28)24-20)15-7-6-14(27)9-17(15)30-2/h3-9,16,27H,10-11H2,1-2H3,(H,24,28)/t16-/m1/s1. The fourth-order valence-corrected chi connectivity index (χ4v) is 4.81. The van der Waals surface area contributed by atoms with Gasteiger partial charge in [-0.05, 0) is 23.8 Å². The Labute approximate surface area is 188 Å². The lowest BCUT2D eigenvalue weighted by Crippen LogP contribution is -2.33. The smallest absolute Gasteiger partial charge is 0.279 e. The molecule has 9 heteroatoms. The summed E-state index contributed by atoms with van der Waals surface area (Å²) in [5.74, 6) is 0.706. The van der Waals surface area contributed by atoms with Gasteiger partial charge in [0.05, 0.1) is 12.7 Å². The second-order valence-corrected chi connectivity index (χ2v) is 8.55. The maximum Gasteiger partial charge on any atom is 0.279 e. The molecule has 1 aliphatic heterocycles. The number of amides is 1. The van der Waals surface area contributed by atoms with E-state index in [1.807, 2.05) is 18.2 Å². The van der Waals surface area contributed by atoms with Crippen molar-refractivity contribution in [3.63, 3.8) is 0 Å². The third-order valence-corrected chi connectivity index (χ3v) is 6.49. The molecular weight excluding hydrogens is 438 g/mol. The van der Waals surface area contributed by atoms with Crippen molar-refractivity contribution in [2.24, 2.45) is 7.05 Å². The summed E-state index contributed by atoms with van der Waals surface area (Å²) < 4.78 is 7.11. The van der Waals surface area contributed by atoms with Crippen LogP contribution in [0.4, 0.5) is 5.82 Å². The van der Waals surface area contributed by atoms with Crippen LogP contribution in [0.1, 0.15) is 29.0 Å². The summed E-state index contributed by atoms with van der Waals surface area (Å²) in [5, 5.41) is 13.7. The van der Waals surface area contributed by atoms with E-state index in [0.29, 0.717) is 38.6 Å². The molecular formula is C22H20ClN3O4S. The van der Waals surface area contributed by atoms with Crippen LogP contribution < -0.4 is 15.6 Å². The number of phenolic OH excluding ortho intramolecular Hbond substituents is 1. The molecule has 0 unspecified atom stereocenters. The van der Waals surface area contributed by atoms with Crippen LogP contribution in [0.25, 0.3) is 0 Å². The Morgan fingerprint density at radius 2 is 2.10 bits per heavy atom. The Morgan fingerprint density at radius 3 is 2.84 bits per heavy atom. The average molecular weight is 458 g/mol. The molecule has 0 saturated carbocycles. The summed E-state index contributed by atoms with van der Waals surface area (Å²) in [6.45, 7) is 0. The highest BCUT2D eigenvalue weighted by atomic mass is 35.5. The zero-order valence-corrected chi connectivity index (χ0v) is 18.5. The number of nitrogens with zero attached hydrogens (tertiary/aromatic N) is 2. The van der Waals surface area contributed by atoms with Crippen LogP contribution in [0, 0.1) is 0 Å². The number of halogens is 1. The Bertz CT molecular complexity index is 1230. The predicted octanol–water partition coefficient (Wildman–Crippen LogP) is 3.91. The van der Waals surface area contributed by atoms with Crippen LogP contribution in [0.5, 0.6) is 11.5 Å². The van der Waals surface area contributed by atoms with Gasteiger partial charge < -0.3 is 19.7 Å². The summed E-state index contributed by atoms with van der Waals surface area (Å²) in [5.41, 5.74) is 1.65. The average Bonchev–Trinajstić information content (AvgIpc) is 2.74. The third kappa shape index (κ3) is 4.26. The van der Waals surface area contributed by atoms with Crippen molar-refractivity contribution in [3.05, 3.63) is 74.5 Å². The van der Waals surface area contributed by atoms with E-state index in [2.05, 4.69) is 10.3 Å². The summed E-state index contributed by atoms with van der Waals surface area (Å²) in [6.07, 6.45) is 0.0834. The first-order valence-corrected chi connectivity index (χ1v) is 10.9.